The Labute approximate surface area is 142 Å². The molecule has 0 aromatic heterocycles. The van der Waals surface area contributed by atoms with Crippen molar-refractivity contribution >= 4 is 29.3 Å². The number of amides is 2. The standard InChI is InChI=1S/C17H25ClN2O3/c1-4-23-16(21)9-11-20(10-8-13(2)3)17(22)19-15-7-5-6-14(18)12-15/h5-7,12-13H,4,8-11H2,1-3H3,(H,19,22). The number of benzene rings is 1. The van der Waals surface area contributed by atoms with Gasteiger partial charge in [-0.2, -0.15) is 0 Å². The van der Waals surface area contributed by atoms with Crippen LogP contribution in [0.25, 0.3) is 0 Å². The number of hydrogen-bond donors (Lipinski definition) is 1. The topological polar surface area (TPSA) is 58.6 Å². The summed E-state index contributed by atoms with van der Waals surface area (Å²) >= 11 is 5.92. The Morgan fingerprint density at radius 2 is 2.04 bits per heavy atom. The quantitative estimate of drug-likeness (QED) is 0.722. The summed E-state index contributed by atoms with van der Waals surface area (Å²) in [6.45, 7) is 7.22. The molecule has 0 aliphatic heterocycles. The minimum absolute atomic E-state index is 0.189. The maximum Gasteiger partial charge on any atom is 0.321 e. The largest absolute Gasteiger partial charge is 0.466 e. The summed E-state index contributed by atoms with van der Waals surface area (Å²) in [6, 6.07) is 6.74. The van der Waals surface area contributed by atoms with Gasteiger partial charge in [-0.1, -0.05) is 31.5 Å². The highest BCUT2D eigenvalue weighted by atomic mass is 35.5. The SMILES string of the molecule is CCOC(=O)CCN(CCC(C)C)C(=O)Nc1cccc(Cl)c1. The highest BCUT2D eigenvalue weighted by Gasteiger charge is 2.16. The fourth-order valence-electron chi connectivity index (χ4n) is 1.96. The summed E-state index contributed by atoms with van der Waals surface area (Å²) in [6.07, 6.45) is 1.06. The van der Waals surface area contributed by atoms with Crippen LogP contribution in [0.15, 0.2) is 24.3 Å². The zero-order valence-corrected chi connectivity index (χ0v) is 14.7. The van der Waals surface area contributed by atoms with Gasteiger partial charge in [-0.05, 0) is 37.5 Å². The van der Waals surface area contributed by atoms with Crippen molar-refractivity contribution in [3.8, 4) is 0 Å². The van der Waals surface area contributed by atoms with Crippen LogP contribution in [0, 0.1) is 5.92 Å². The van der Waals surface area contributed by atoms with Crippen molar-refractivity contribution in [1.82, 2.24) is 4.90 Å². The Kier molecular flexibility index (Phi) is 8.48. The second kappa shape index (κ2) is 10.1. The molecule has 1 rings (SSSR count). The second-order valence-electron chi connectivity index (χ2n) is 5.67. The number of nitrogens with one attached hydrogen (secondary N) is 1. The van der Waals surface area contributed by atoms with E-state index in [-0.39, 0.29) is 18.4 Å². The van der Waals surface area contributed by atoms with Crippen molar-refractivity contribution in [1.29, 1.82) is 0 Å². The molecule has 5 nitrogen and oxygen atoms in total. The third-order valence-electron chi connectivity index (χ3n) is 3.23. The van der Waals surface area contributed by atoms with Gasteiger partial charge in [0.1, 0.15) is 0 Å². The minimum atomic E-state index is -0.294. The van der Waals surface area contributed by atoms with Crippen LogP contribution in [0.4, 0.5) is 10.5 Å². The van der Waals surface area contributed by atoms with Gasteiger partial charge < -0.3 is 15.0 Å². The van der Waals surface area contributed by atoms with Crippen LogP contribution in [-0.4, -0.2) is 36.6 Å². The Morgan fingerprint density at radius 1 is 1.30 bits per heavy atom. The van der Waals surface area contributed by atoms with Gasteiger partial charge >= 0.3 is 12.0 Å². The smallest absolute Gasteiger partial charge is 0.321 e. The van der Waals surface area contributed by atoms with Crippen molar-refractivity contribution < 1.29 is 14.3 Å². The molecule has 1 aromatic carbocycles. The molecule has 0 fully saturated rings. The van der Waals surface area contributed by atoms with E-state index in [2.05, 4.69) is 19.2 Å². The number of hydrogen-bond acceptors (Lipinski definition) is 3. The van der Waals surface area contributed by atoms with E-state index in [1.54, 1.807) is 36.1 Å². The lowest BCUT2D eigenvalue weighted by Gasteiger charge is -2.23. The van der Waals surface area contributed by atoms with Crippen LogP contribution in [0.1, 0.15) is 33.6 Å². The fraction of sp³-hybridized carbons (Fsp3) is 0.529. The predicted octanol–water partition coefficient (Wildman–Crippen LogP) is 4.17. The van der Waals surface area contributed by atoms with Crippen LogP contribution in [0.2, 0.25) is 5.02 Å². The molecule has 0 saturated carbocycles. The Bertz CT molecular complexity index is 520. The lowest BCUT2D eigenvalue weighted by molar-refractivity contribution is -0.143. The molecule has 0 aliphatic rings. The van der Waals surface area contributed by atoms with Crippen LogP contribution < -0.4 is 5.32 Å². The molecular weight excluding hydrogens is 316 g/mol. The molecule has 0 bridgehead atoms. The third-order valence-corrected chi connectivity index (χ3v) is 3.47. The molecule has 0 saturated heterocycles. The van der Waals surface area contributed by atoms with Crippen LogP contribution in [-0.2, 0) is 9.53 Å². The van der Waals surface area contributed by atoms with Crippen molar-refractivity contribution in [2.75, 3.05) is 25.0 Å². The minimum Gasteiger partial charge on any atom is -0.466 e. The van der Waals surface area contributed by atoms with Crippen molar-refractivity contribution in [2.24, 2.45) is 5.92 Å². The summed E-state index contributed by atoms with van der Waals surface area (Å²) in [5.41, 5.74) is 0.633. The van der Waals surface area contributed by atoms with E-state index in [0.29, 0.717) is 36.3 Å². The van der Waals surface area contributed by atoms with Crippen LogP contribution in [0.5, 0.6) is 0 Å². The molecule has 1 N–H and O–H groups in total. The van der Waals surface area contributed by atoms with Gasteiger partial charge in [0, 0.05) is 23.8 Å². The second-order valence-corrected chi connectivity index (χ2v) is 6.10. The summed E-state index contributed by atoms with van der Waals surface area (Å²) in [5, 5.41) is 3.37. The maximum absolute atomic E-state index is 12.4. The molecule has 0 heterocycles. The number of urea groups is 1. The summed E-state index contributed by atoms with van der Waals surface area (Å²) in [4.78, 5) is 25.6. The average Bonchev–Trinajstić information content (AvgIpc) is 2.47. The highest BCUT2D eigenvalue weighted by Crippen LogP contribution is 2.16. The highest BCUT2D eigenvalue weighted by molar-refractivity contribution is 6.30. The van der Waals surface area contributed by atoms with E-state index >= 15 is 0 Å². The zero-order valence-electron chi connectivity index (χ0n) is 14.0. The number of carbonyl (C=O) groups is 2. The van der Waals surface area contributed by atoms with E-state index in [1.807, 2.05) is 0 Å². The van der Waals surface area contributed by atoms with E-state index in [9.17, 15) is 9.59 Å². The summed E-state index contributed by atoms with van der Waals surface area (Å²) in [5.74, 6) is 0.177. The van der Waals surface area contributed by atoms with Gasteiger partial charge in [-0.25, -0.2) is 4.79 Å². The van der Waals surface area contributed by atoms with Crippen molar-refractivity contribution in [3.63, 3.8) is 0 Å². The molecule has 0 atom stereocenters. The zero-order chi connectivity index (χ0) is 17.2. The first-order valence-electron chi connectivity index (χ1n) is 7.89. The van der Waals surface area contributed by atoms with E-state index in [4.69, 9.17) is 16.3 Å². The van der Waals surface area contributed by atoms with Gasteiger partial charge in [0.15, 0.2) is 0 Å². The third kappa shape index (κ3) is 7.88. The molecular formula is C17H25ClN2O3. The number of carbonyl (C=O) groups excluding carboxylic acids is 2. The van der Waals surface area contributed by atoms with Crippen LogP contribution >= 0.6 is 11.6 Å². The molecule has 0 radical (unpaired) electrons. The van der Waals surface area contributed by atoms with E-state index < -0.39 is 0 Å². The molecule has 0 spiro atoms. The number of halogens is 1. The normalized spacial score (nSPS) is 10.5. The molecule has 6 heteroatoms. The monoisotopic (exact) mass is 340 g/mol. The lowest BCUT2D eigenvalue weighted by Crippen LogP contribution is -2.37. The van der Waals surface area contributed by atoms with E-state index in [1.165, 1.54) is 0 Å². The molecule has 1 aromatic rings. The first-order chi connectivity index (χ1) is 10.9. The predicted molar refractivity (Wildman–Crippen MR) is 92.7 cm³/mol. The van der Waals surface area contributed by atoms with E-state index in [0.717, 1.165) is 6.42 Å². The number of esters is 1. The van der Waals surface area contributed by atoms with Crippen molar-refractivity contribution in [2.45, 2.75) is 33.6 Å². The Balaban J connectivity index is 2.65. The first-order valence-corrected chi connectivity index (χ1v) is 8.27. The maximum atomic E-state index is 12.4. The molecule has 23 heavy (non-hydrogen) atoms. The Morgan fingerprint density at radius 3 is 2.65 bits per heavy atom. The first kappa shape index (κ1) is 19.3. The van der Waals surface area contributed by atoms with Crippen molar-refractivity contribution in [3.05, 3.63) is 29.3 Å². The number of nitrogens with zero attached hydrogens (tertiary/aromatic N) is 1. The average molecular weight is 341 g/mol. The molecule has 128 valence electrons. The van der Waals surface area contributed by atoms with Gasteiger partial charge in [-0.3, -0.25) is 4.79 Å². The molecule has 0 unspecified atom stereocenters. The molecule has 0 aliphatic carbocycles. The molecule has 2 amide bonds. The lowest BCUT2D eigenvalue weighted by atomic mass is 10.1. The van der Waals surface area contributed by atoms with Gasteiger partial charge in [0.05, 0.1) is 13.0 Å². The number of ether oxygens (including phenoxy) is 1. The van der Waals surface area contributed by atoms with Gasteiger partial charge in [0.25, 0.3) is 0 Å². The van der Waals surface area contributed by atoms with Crippen LogP contribution in [0.3, 0.4) is 0 Å². The van der Waals surface area contributed by atoms with Gasteiger partial charge in [-0.15, -0.1) is 0 Å². The summed E-state index contributed by atoms with van der Waals surface area (Å²) in [7, 11) is 0. The number of anilines is 1. The Hall–Kier alpha value is -1.75. The fourth-order valence-corrected chi connectivity index (χ4v) is 2.15. The summed E-state index contributed by atoms with van der Waals surface area (Å²) < 4.78 is 4.92. The van der Waals surface area contributed by atoms with Gasteiger partial charge in [0.2, 0.25) is 0 Å². The number of rotatable bonds is 8.